The van der Waals surface area contributed by atoms with Crippen molar-refractivity contribution in [3.8, 4) is 0 Å². The second-order valence-corrected chi connectivity index (χ2v) is 7.76. The van der Waals surface area contributed by atoms with Crippen molar-refractivity contribution in [3.63, 3.8) is 0 Å². The topological polar surface area (TPSA) is 74.6 Å². The molecule has 1 unspecified atom stereocenters. The minimum atomic E-state index is -1.61. The number of unbranched alkanes of at least 4 members (excludes halogenated alkanes) is 10. The summed E-state index contributed by atoms with van der Waals surface area (Å²) in [4.78, 5) is 24.0. The minimum absolute atomic E-state index is 0.262. The summed E-state index contributed by atoms with van der Waals surface area (Å²) in [6, 6.07) is 0. The molecule has 0 aliphatic rings. The van der Waals surface area contributed by atoms with Crippen LogP contribution in [0.1, 0.15) is 117 Å². The van der Waals surface area contributed by atoms with E-state index in [0.717, 1.165) is 38.5 Å². The van der Waals surface area contributed by atoms with Crippen LogP contribution >= 0.6 is 0 Å². The van der Waals surface area contributed by atoms with Gasteiger partial charge in [0.05, 0.1) is 0 Å². The molecule has 0 spiro atoms. The van der Waals surface area contributed by atoms with Crippen molar-refractivity contribution >= 4 is 11.9 Å². The molecule has 154 valence electrons. The first-order valence-corrected chi connectivity index (χ1v) is 10.9. The number of hydrogen-bond donors (Lipinski definition) is 2. The van der Waals surface area contributed by atoms with Crippen molar-refractivity contribution in [1.29, 1.82) is 0 Å². The zero-order valence-corrected chi connectivity index (χ0v) is 17.4. The summed E-state index contributed by atoms with van der Waals surface area (Å²) in [7, 11) is 0. The Morgan fingerprint density at radius 3 is 1.54 bits per heavy atom. The van der Waals surface area contributed by atoms with E-state index in [0.29, 0.717) is 19.3 Å². The highest BCUT2D eigenvalue weighted by Gasteiger charge is 2.51. The van der Waals surface area contributed by atoms with Crippen molar-refractivity contribution < 1.29 is 19.8 Å². The Morgan fingerprint density at radius 1 is 0.692 bits per heavy atom. The first-order valence-electron chi connectivity index (χ1n) is 10.9. The second-order valence-electron chi connectivity index (χ2n) is 7.76. The van der Waals surface area contributed by atoms with Gasteiger partial charge in [-0.15, -0.1) is 0 Å². The van der Waals surface area contributed by atoms with Gasteiger partial charge in [-0.05, 0) is 18.8 Å². The summed E-state index contributed by atoms with van der Waals surface area (Å²) in [6.45, 7) is 6.28. The third-order valence-electron chi connectivity index (χ3n) is 5.78. The maximum Gasteiger partial charge on any atom is 0.321 e. The molecule has 26 heavy (non-hydrogen) atoms. The van der Waals surface area contributed by atoms with Crippen molar-refractivity contribution in [2.75, 3.05) is 0 Å². The van der Waals surface area contributed by atoms with Crippen molar-refractivity contribution in [2.24, 2.45) is 11.3 Å². The average molecular weight is 371 g/mol. The number of hydrogen-bond acceptors (Lipinski definition) is 2. The quantitative estimate of drug-likeness (QED) is 0.209. The Hall–Kier alpha value is -1.06. The number of rotatable bonds is 18. The molecule has 0 radical (unpaired) electrons. The predicted octanol–water partition coefficient (Wildman–Crippen LogP) is 6.67. The zero-order chi connectivity index (χ0) is 19.8. The Morgan fingerprint density at radius 2 is 1.12 bits per heavy atom. The molecule has 4 nitrogen and oxygen atoms in total. The van der Waals surface area contributed by atoms with E-state index in [1.165, 1.54) is 32.1 Å². The number of carboxylic acids is 2. The number of carboxylic acid groups (broad SMARTS) is 2. The van der Waals surface area contributed by atoms with E-state index in [1.807, 2.05) is 6.92 Å². The van der Waals surface area contributed by atoms with Crippen LogP contribution in [0.15, 0.2) is 0 Å². The number of carbonyl (C=O) groups is 2. The highest BCUT2D eigenvalue weighted by molar-refractivity contribution is 5.98. The molecule has 0 aromatic heterocycles. The Balaban J connectivity index is 4.73. The summed E-state index contributed by atoms with van der Waals surface area (Å²) in [5, 5.41) is 19.7. The first kappa shape index (κ1) is 24.9. The molecule has 0 amide bonds. The molecule has 2 N–H and O–H groups in total. The van der Waals surface area contributed by atoms with Gasteiger partial charge in [-0.1, -0.05) is 104 Å². The summed E-state index contributed by atoms with van der Waals surface area (Å²) in [6.07, 6.45) is 14.6. The molecule has 0 fully saturated rings. The lowest BCUT2D eigenvalue weighted by atomic mass is 9.68. The van der Waals surface area contributed by atoms with E-state index >= 15 is 0 Å². The molecule has 0 saturated heterocycles. The predicted molar refractivity (Wildman–Crippen MR) is 107 cm³/mol. The van der Waals surface area contributed by atoms with E-state index in [9.17, 15) is 19.8 Å². The van der Waals surface area contributed by atoms with Gasteiger partial charge in [-0.25, -0.2) is 0 Å². The number of aliphatic carboxylic acids is 2. The van der Waals surface area contributed by atoms with E-state index in [2.05, 4.69) is 13.8 Å². The van der Waals surface area contributed by atoms with Gasteiger partial charge in [0, 0.05) is 0 Å². The Bertz CT molecular complexity index is 364. The molecule has 0 heterocycles. The van der Waals surface area contributed by atoms with Crippen LogP contribution in [0.5, 0.6) is 0 Å². The van der Waals surface area contributed by atoms with Gasteiger partial charge in [0.25, 0.3) is 0 Å². The molecule has 0 rings (SSSR count). The van der Waals surface area contributed by atoms with Gasteiger partial charge < -0.3 is 10.2 Å². The molecule has 0 aliphatic carbocycles. The lowest BCUT2D eigenvalue weighted by molar-refractivity contribution is -0.170. The minimum Gasteiger partial charge on any atom is -0.480 e. The highest BCUT2D eigenvalue weighted by Crippen LogP contribution is 2.40. The van der Waals surface area contributed by atoms with Gasteiger partial charge in [-0.3, -0.25) is 9.59 Å². The smallest absolute Gasteiger partial charge is 0.321 e. The van der Waals surface area contributed by atoms with Gasteiger partial charge in [0.1, 0.15) is 0 Å². The third kappa shape index (κ3) is 8.55. The standard InChI is InChI=1S/C22H42O4/c1-4-7-9-11-13-15-17-19(6-3)22(20(23)24,21(25)26)18-16-14-12-10-8-5-2/h19H,4-18H2,1-3H3,(H,23,24)(H,25,26). The highest BCUT2D eigenvalue weighted by atomic mass is 16.4. The van der Waals surface area contributed by atoms with Crippen molar-refractivity contribution in [2.45, 2.75) is 117 Å². The fourth-order valence-corrected chi connectivity index (χ4v) is 4.01. The molecule has 0 aromatic carbocycles. The molecule has 0 aliphatic heterocycles. The Labute approximate surface area is 160 Å². The third-order valence-corrected chi connectivity index (χ3v) is 5.78. The maximum atomic E-state index is 12.0. The van der Waals surface area contributed by atoms with E-state index in [1.54, 1.807) is 0 Å². The van der Waals surface area contributed by atoms with Gasteiger partial charge in [-0.2, -0.15) is 0 Å². The second kappa shape index (κ2) is 15.0. The summed E-state index contributed by atoms with van der Waals surface area (Å²) in [5.41, 5.74) is -1.61. The molecule has 0 saturated carbocycles. The largest absolute Gasteiger partial charge is 0.480 e. The lowest BCUT2D eigenvalue weighted by Crippen LogP contribution is -2.45. The van der Waals surface area contributed by atoms with Gasteiger partial charge >= 0.3 is 11.9 Å². The van der Waals surface area contributed by atoms with Crippen LogP contribution in [0.2, 0.25) is 0 Å². The normalized spacial score (nSPS) is 12.9. The van der Waals surface area contributed by atoms with Gasteiger partial charge in [0.2, 0.25) is 0 Å². The molecule has 4 heteroatoms. The molecule has 0 aromatic rings. The van der Waals surface area contributed by atoms with Crippen LogP contribution in [0.3, 0.4) is 0 Å². The van der Waals surface area contributed by atoms with Crippen LogP contribution in [-0.4, -0.2) is 22.2 Å². The van der Waals surface area contributed by atoms with Crippen LogP contribution in [0.4, 0.5) is 0 Å². The molecular weight excluding hydrogens is 328 g/mol. The summed E-state index contributed by atoms with van der Waals surface area (Å²) >= 11 is 0. The Kier molecular flexibility index (Phi) is 14.4. The lowest BCUT2D eigenvalue weighted by Gasteiger charge is -2.33. The van der Waals surface area contributed by atoms with Crippen molar-refractivity contribution in [1.82, 2.24) is 0 Å². The molecule has 1 atom stereocenters. The molecule has 0 bridgehead atoms. The van der Waals surface area contributed by atoms with Crippen LogP contribution in [-0.2, 0) is 9.59 Å². The monoisotopic (exact) mass is 370 g/mol. The van der Waals surface area contributed by atoms with Crippen LogP contribution in [0.25, 0.3) is 0 Å². The van der Waals surface area contributed by atoms with Crippen molar-refractivity contribution in [3.05, 3.63) is 0 Å². The van der Waals surface area contributed by atoms with Crippen LogP contribution < -0.4 is 0 Å². The fraction of sp³-hybridized carbons (Fsp3) is 0.909. The summed E-state index contributed by atoms with van der Waals surface area (Å²) < 4.78 is 0. The van der Waals surface area contributed by atoms with E-state index in [-0.39, 0.29) is 12.3 Å². The van der Waals surface area contributed by atoms with Gasteiger partial charge in [0.15, 0.2) is 5.41 Å². The average Bonchev–Trinajstić information content (AvgIpc) is 2.61. The van der Waals surface area contributed by atoms with E-state index in [4.69, 9.17) is 0 Å². The summed E-state index contributed by atoms with van der Waals surface area (Å²) in [5.74, 6) is -2.56. The SMILES string of the molecule is CCCCCCCCC(CC)C(CCCCCCCC)(C(=O)O)C(=O)O. The van der Waals surface area contributed by atoms with Crippen LogP contribution in [0, 0.1) is 11.3 Å². The van der Waals surface area contributed by atoms with E-state index < -0.39 is 17.4 Å². The fourth-order valence-electron chi connectivity index (χ4n) is 4.01. The maximum absolute atomic E-state index is 12.0. The zero-order valence-electron chi connectivity index (χ0n) is 17.4. The first-order chi connectivity index (χ1) is 12.5. The molecular formula is C22H42O4.